The van der Waals surface area contributed by atoms with Crippen LogP contribution in [0, 0.1) is 5.92 Å². The van der Waals surface area contributed by atoms with Crippen LogP contribution in [-0.2, 0) is 11.2 Å². The van der Waals surface area contributed by atoms with E-state index in [9.17, 15) is 4.79 Å². The smallest absolute Gasteiger partial charge is 0.250 e. The van der Waals surface area contributed by atoms with Gasteiger partial charge in [0.05, 0.1) is 0 Å². The second-order valence-electron chi connectivity index (χ2n) is 6.20. The van der Waals surface area contributed by atoms with Gasteiger partial charge in [0.2, 0.25) is 17.6 Å². The maximum Gasteiger partial charge on any atom is 0.250 e. The topological polar surface area (TPSA) is 72.1 Å². The predicted molar refractivity (Wildman–Crippen MR) is 85.4 cm³/mol. The van der Waals surface area contributed by atoms with E-state index in [-0.39, 0.29) is 17.9 Å². The maximum atomic E-state index is 12.1. The minimum absolute atomic E-state index is 0.163. The number of carbonyl (C=O) groups excluding carboxylic acids is 1. The van der Waals surface area contributed by atoms with E-state index in [1.54, 1.807) is 6.20 Å². The summed E-state index contributed by atoms with van der Waals surface area (Å²) in [6.07, 6.45) is 4.08. The molecule has 0 bridgehead atoms. The lowest BCUT2D eigenvalue weighted by atomic mass is 10.0. The second kappa shape index (κ2) is 6.48. The average molecular weight is 314 g/mol. The highest BCUT2D eigenvalue weighted by molar-refractivity contribution is 5.78. The number of hydrogen-bond acceptors (Lipinski definition) is 5. The molecule has 6 heteroatoms. The molecule has 122 valence electrons. The highest BCUT2D eigenvalue weighted by Gasteiger charge is 2.35. The summed E-state index contributed by atoms with van der Waals surface area (Å²) in [4.78, 5) is 22.9. The molecule has 0 radical (unpaired) electrons. The van der Waals surface area contributed by atoms with Crippen molar-refractivity contribution in [1.29, 1.82) is 0 Å². The number of amides is 1. The van der Waals surface area contributed by atoms with Crippen LogP contribution in [0.5, 0.6) is 0 Å². The molecule has 3 heterocycles. The van der Waals surface area contributed by atoms with Gasteiger partial charge in [-0.15, -0.1) is 0 Å². The van der Waals surface area contributed by atoms with Crippen molar-refractivity contribution in [2.45, 2.75) is 46.1 Å². The van der Waals surface area contributed by atoms with Crippen LogP contribution in [0.2, 0.25) is 0 Å². The first kappa shape index (κ1) is 15.6. The Morgan fingerprint density at radius 3 is 2.87 bits per heavy atom. The van der Waals surface area contributed by atoms with Crippen LogP contribution < -0.4 is 0 Å². The molecule has 1 aliphatic heterocycles. The summed E-state index contributed by atoms with van der Waals surface area (Å²) in [5.74, 6) is 1.36. The number of pyridine rings is 1. The van der Waals surface area contributed by atoms with E-state index in [0.29, 0.717) is 18.1 Å². The SMILES string of the molecule is CCc1cccnc1-c1noc(C(C(C)C)N2CCCC2=O)n1. The van der Waals surface area contributed by atoms with Crippen LogP contribution in [-0.4, -0.2) is 32.5 Å². The zero-order chi connectivity index (χ0) is 16.4. The van der Waals surface area contributed by atoms with Gasteiger partial charge < -0.3 is 9.42 Å². The van der Waals surface area contributed by atoms with Crippen LogP contribution >= 0.6 is 0 Å². The third kappa shape index (κ3) is 2.98. The molecule has 23 heavy (non-hydrogen) atoms. The van der Waals surface area contributed by atoms with Gasteiger partial charge in [-0.1, -0.05) is 32.0 Å². The molecule has 0 aliphatic carbocycles. The fourth-order valence-corrected chi connectivity index (χ4v) is 3.12. The van der Waals surface area contributed by atoms with E-state index in [4.69, 9.17) is 4.52 Å². The van der Waals surface area contributed by atoms with Gasteiger partial charge in [-0.05, 0) is 30.4 Å². The molecular formula is C17H22N4O2. The van der Waals surface area contributed by atoms with Crippen molar-refractivity contribution in [3.8, 4) is 11.5 Å². The number of likely N-dealkylation sites (tertiary alicyclic amines) is 1. The Balaban J connectivity index is 1.94. The Morgan fingerprint density at radius 1 is 1.39 bits per heavy atom. The first-order valence-corrected chi connectivity index (χ1v) is 8.19. The largest absolute Gasteiger partial charge is 0.337 e. The number of rotatable bonds is 5. The monoisotopic (exact) mass is 314 g/mol. The molecule has 1 fully saturated rings. The van der Waals surface area contributed by atoms with E-state index in [1.807, 2.05) is 17.0 Å². The molecule has 1 aliphatic rings. The molecule has 0 saturated carbocycles. The van der Waals surface area contributed by atoms with Crippen LogP contribution in [0.25, 0.3) is 11.5 Å². The van der Waals surface area contributed by atoms with Crippen molar-refractivity contribution in [2.75, 3.05) is 6.54 Å². The van der Waals surface area contributed by atoms with Gasteiger partial charge in [0.25, 0.3) is 0 Å². The summed E-state index contributed by atoms with van der Waals surface area (Å²) in [5.41, 5.74) is 1.83. The van der Waals surface area contributed by atoms with Crippen LogP contribution in [0.1, 0.15) is 51.1 Å². The van der Waals surface area contributed by atoms with E-state index in [0.717, 1.165) is 30.6 Å². The van der Waals surface area contributed by atoms with Gasteiger partial charge in [0.15, 0.2) is 0 Å². The molecule has 2 aromatic heterocycles. The third-order valence-corrected chi connectivity index (χ3v) is 4.26. The zero-order valence-corrected chi connectivity index (χ0v) is 13.8. The van der Waals surface area contributed by atoms with Gasteiger partial charge in [0.1, 0.15) is 11.7 Å². The van der Waals surface area contributed by atoms with Crippen molar-refractivity contribution in [1.82, 2.24) is 20.0 Å². The van der Waals surface area contributed by atoms with Crippen LogP contribution in [0.4, 0.5) is 0 Å². The summed E-state index contributed by atoms with van der Waals surface area (Å²) < 4.78 is 5.51. The molecule has 0 N–H and O–H groups in total. The summed E-state index contributed by atoms with van der Waals surface area (Å²) in [6.45, 7) is 6.96. The van der Waals surface area contributed by atoms with Crippen molar-refractivity contribution < 1.29 is 9.32 Å². The van der Waals surface area contributed by atoms with E-state index in [1.165, 1.54) is 0 Å². The summed E-state index contributed by atoms with van der Waals surface area (Å²) in [7, 11) is 0. The number of nitrogens with zero attached hydrogens (tertiary/aromatic N) is 4. The number of carbonyl (C=O) groups is 1. The molecule has 0 spiro atoms. The molecule has 1 saturated heterocycles. The van der Waals surface area contributed by atoms with Gasteiger partial charge in [0, 0.05) is 19.2 Å². The molecule has 3 rings (SSSR count). The Morgan fingerprint density at radius 2 is 2.22 bits per heavy atom. The normalized spacial score (nSPS) is 16.3. The number of aromatic nitrogens is 3. The van der Waals surface area contributed by atoms with Gasteiger partial charge in [-0.2, -0.15) is 4.98 Å². The minimum Gasteiger partial charge on any atom is -0.337 e. The van der Waals surface area contributed by atoms with Crippen molar-refractivity contribution in [2.24, 2.45) is 5.92 Å². The second-order valence-corrected chi connectivity index (χ2v) is 6.20. The standard InChI is InChI=1S/C17H22N4O2/c1-4-12-7-5-9-18-14(12)16-19-17(23-20-16)15(11(2)3)21-10-6-8-13(21)22/h5,7,9,11,15H,4,6,8,10H2,1-3H3. The lowest BCUT2D eigenvalue weighted by molar-refractivity contribution is -0.131. The zero-order valence-electron chi connectivity index (χ0n) is 13.8. The molecule has 0 aromatic carbocycles. The summed E-state index contributed by atoms with van der Waals surface area (Å²) >= 11 is 0. The first-order chi connectivity index (χ1) is 11.1. The Kier molecular flexibility index (Phi) is 4.41. The van der Waals surface area contributed by atoms with E-state index < -0.39 is 0 Å². The minimum atomic E-state index is -0.167. The molecular weight excluding hydrogens is 292 g/mol. The Bertz CT molecular complexity index is 695. The molecule has 1 amide bonds. The highest BCUT2D eigenvalue weighted by atomic mass is 16.5. The van der Waals surface area contributed by atoms with Crippen LogP contribution in [0.3, 0.4) is 0 Å². The van der Waals surface area contributed by atoms with Crippen molar-refractivity contribution >= 4 is 5.91 Å². The Hall–Kier alpha value is -2.24. The number of aryl methyl sites for hydroxylation is 1. The average Bonchev–Trinajstić information content (AvgIpc) is 3.18. The van der Waals surface area contributed by atoms with Crippen LogP contribution in [0.15, 0.2) is 22.9 Å². The maximum absolute atomic E-state index is 12.1. The number of hydrogen-bond donors (Lipinski definition) is 0. The van der Waals surface area contributed by atoms with E-state index >= 15 is 0 Å². The fraction of sp³-hybridized carbons (Fsp3) is 0.529. The van der Waals surface area contributed by atoms with Crippen molar-refractivity contribution in [3.63, 3.8) is 0 Å². The van der Waals surface area contributed by atoms with E-state index in [2.05, 4.69) is 35.9 Å². The first-order valence-electron chi connectivity index (χ1n) is 8.19. The highest BCUT2D eigenvalue weighted by Crippen LogP contribution is 2.32. The summed E-state index contributed by atoms with van der Waals surface area (Å²) in [5, 5.41) is 4.11. The van der Waals surface area contributed by atoms with Gasteiger partial charge >= 0.3 is 0 Å². The molecule has 1 atom stereocenters. The van der Waals surface area contributed by atoms with Gasteiger partial charge in [-0.25, -0.2) is 0 Å². The van der Waals surface area contributed by atoms with Gasteiger partial charge in [-0.3, -0.25) is 9.78 Å². The third-order valence-electron chi connectivity index (χ3n) is 4.26. The summed E-state index contributed by atoms with van der Waals surface area (Å²) in [6, 6.07) is 3.76. The molecule has 2 aromatic rings. The fourth-order valence-electron chi connectivity index (χ4n) is 3.12. The lowest BCUT2D eigenvalue weighted by Crippen LogP contribution is -2.33. The Labute approximate surface area is 135 Å². The quantitative estimate of drug-likeness (QED) is 0.848. The lowest BCUT2D eigenvalue weighted by Gasteiger charge is -2.27. The van der Waals surface area contributed by atoms with Crippen molar-refractivity contribution in [3.05, 3.63) is 29.8 Å². The predicted octanol–water partition coefficient (Wildman–Crippen LogP) is 3.01. The molecule has 6 nitrogen and oxygen atoms in total. The molecule has 1 unspecified atom stereocenters.